The minimum absolute atomic E-state index is 0.183. The molecule has 0 saturated carbocycles. The topological polar surface area (TPSA) is 29.5 Å². The first-order valence-electron chi connectivity index (χ1n) is 5.67. The predicted molar refractivity (Wildman–Crippen MR) is 60.8 cm³/mol. The molecule has 3 heteroatoms. The van der Waals surface area contributed by atoms with E-state index in [1.54, 1.807) is 4.90 Å². The third-order valence-electron chi connectivity index (χ3n) is 2.53. The molecule has 1 fully saturated rings. The first kappa shape index (κ1) is 12.1. The van der Waals surface area contributed by atoms with Crippen LogP contribution in [0.1, 0.15) is 40.0 Å². The van der Waals surface area contributed by atoms with Crippen LogP contribution in [0.4, 0.5) is 4.79 Å². The summed E-state index contributed by atoms with van der Waals surface area (Å²) in [5.74, 6) is 0. The predicted octanol–water partition coefficient (Wildman–Crippen LogP) is 2.96. The van der Waals surface area contributed by atoms with Gasteiger partial charge in [0.25, 0.3) is 0 Å². The smallest absolute Gasteiger partial charge is 0.410 e. The fourth-order valence-electron chi connectivity index (χ4n) is 1.80. The molecule has 0 N–H and O–H groups in total. The summed E-state index contributed by atoms with van der Waals surface area (Å²) in [5, 5.41) is 0. The molecule has 0 atom stereocenters. The molecule has 0 aromatic carbocycles. The van der Waals surface area contributed by atoms with Gasteiger partial charge in [-0.3, -0.25) is 0 Å². The van der Waals surface area contributed by atoms with Gasteiger partial charge in [0.15, 0.2) is 0 Å². The molecule has 0 spiro atoms. The summed E-state index contributed by atoms with van der Waals surface area (Å²) in [4.78, 5) is 13.6. The van der Waals surface area contributed by atoms with Gasteiger partial charge in [-0.25, -0.2) is 4.79 Å². The van der Waals surface area contributed by atoms with Gasteiger partial charge in [0.05, 0.1) is 0 Å². The Morgan fingerprint density at radius 3 is 2.40 bits per heavy atom. The lowest BCUT2D eigenvalue weighted by Gasteiger charge is -2.30. The van der Waals surface area contributed by atoms with Gasteiger partial charge in [-0.1, -0.05) is 6.08 Å². The van der Waals surface area contributed by atoms with Crippen LogP contribution >= 0.6 is 0 Å². The van der Waals surface area contributed by atoms with E-state index in [0.29, 0.717) is 0 Å². The molecule has 1 aliphatic heterocycles. The van der Waals surface area contributed by atoms with Crippen molar-refractivity contribution in [2.24, 2.45) is 0 Å². The maximum atomic E-state index is 11.8. The SMILES string of the molecule is C/C=C/C(C)(C)OC(=O)N1CCCCC1. The number of allylic oxidation sites excluding steroid dienone is 1. The summed E-state index contributed by atoms with van der Waals surface area (Å²) in [6.45, 7) is 7.40. The first-order valence-corrected chi connectivity index (χ1v) is 5.67. The maximum absolute atomic E-state index is 11.8. The lowest BCUT2D eigenvalue weighted by molar-refractivity contribution is 0.0370. The minimum Gasteiger partial charge on any atom is -0.439 e. The van der Waals surface area contributed by atoms with Gasteiger partial charge >= 0.3 is 6.09 Å². The van der Waals surface area contributed by atoms with Gasteiger partial charge < -0.3 is 9.64 Å². The van der Waals surface area contributed by atoms with Gasteiger partial charge in [-0.05, 0) is 46.1 Å². The van der Waals surface area contributed by atoms with Crippen molar-refractivity contribution in [1.82, 2.24) is 4.90 Å². The summed E-state index contributed by atoms with van der Waals surface area (Å²) < 4.78 is 5.42. The van der Waals surface area contributed by atoms with Crippen molar-refractivity contribution in [3.8, 4) is 0 Å². The monoisotopic (exact) mass is 211 g/mol. The lowest BCUT2D eigenvalue weighted by Crippen LogP contribution is -2.40. The molecule has 0 aromatic rings. The van der Waals surface area contributed by atoms with E-state index in [0.717, 1.165) is 25.9 Å². The van der Waals surface area contributed by atoms with Crippen LogP contribution in [0, 0.1) is 0 Å². The van der Waals surface area contributed by atoms with Crippen molar-refractivity contribution in [2.45, 2.75) is 45.6 Å². The number of carbonyl (C=O) groups excluding carboxylic acids is 1. The molecule has 0 radical (unpaired) electrons. The molecule has 0 unspecified atom stereocenters. The van der Waals surface area contributed by atoms with E-state index in [9.17, 15) is 4.79 Å². The van der Waals surface area contributed by atoms with E-state index >= 15 is 0 Å². The number of likely N-dealkylation sites (tertiary alicyclic amines) is 1. The van der Waals surface area contributed by atoms with Crippen molar-refractivity contribution in [2.75, 3.05) is 13.1 Å². The molecule has 86 valence electrons. The Hall–Kier alpha value is -0.990. The third kappa shape index (κ3) is 3.94. The highest BCUT2D eigenvalue weighted by molar-refractivity contribution is 5.68. The molecular weight excluding hydrogens is 190 g/mol. The zero-order chi connectivity index (χ0) is 11.3. The molecule has 3 nitrogen and oxygen atoms in total. The largest absolute Gasteiger partial charge is 0.439 e. The minimum atomic E-state index is -0.497. The summed E-state index contributed by atoms with van der Waals surface area (Å²) in [6.07, 6.45) is 7.04. The summed E-state index contributed by atoms with van der Waals surface area (Å²) in [5.41, 5.74) is -0.497. The maximum Gasteiger partial charge on any atom is 0.410 e. The van der Waals surface area contributed by atoms with Crippen LogP contribution in [0.25, 0.3) is 0 Å². The Morgan fingerprint density at radius 1 is 1.27 bits per heavy atom. The molecule has 1 aliphatic rings. The Bertz CT molecular complexity index is 240. The van der Waals surface area contributed by atoms with E-state index in [2.05, 4.69) is 0 Å². The third-order valence-corrected chi connectivity index (χ3v) is 2.53. The highest BCUT2D eigenvalue weighted by atomic mass is 16.6. The second kappa shape index (κ2) is 5.19. The molecule has 1 saturated heterocycles. The number of ether oxygens (including phenoxy) is 1. The number of nitrogens with zero attached hydrogens (tertiary/aromatic N) is 1. The van der Waals surface area contributed by atoms with Crippen molar-refractivity contribution in [1.29, 1.82) is 0 Å². The zero-order valence-corrected chi connectivity index (χ0v) is 9.95. The lowest BCUT2D eigenvalue weighted by atomic mass is 10.1. The van der Waals surface area contributed by atoms with Crippen LogP contribution in [0.5, 0.6) is 0 Å². The van der Waals surface area contributed by atoms with E-state index in [4.69, 9.17) is 4.74 Å². The summed E-state index contributed by atoms with van der Waals surface area (Å²) >= 11 is 0. The van der Waals surface area contributed by atoms with E-state index in [1.807, 2.05) is 32.9 Å². The number of rotatable bonds is 2. The fourth-order valence-corrected chi connectivity index (χ4v) is 1.80. The van der Waals surface area contributed by atoms with Gasteiger partial charge in [0.2, 0.25) is 0 Å². The van der Waals surface area contributed by atoms with E-state index < -0.39 is 5.60 Å². The first-order chi connectivity index (χ1) is 7.05. The van der Waals surface area contributed by atoms with E-state index in [1.165, 1.54) is 6.42 Å². The zero-order valence-electron chi connectivity index (χ0n) is 9.95. The van der Waals surface area contributed by atoms with Crippen LogP contribution in [0.15, 0.2) is 12.2 Å². The van der Waals surface area contributed by atoms with Crippen LogP contribution in [0.2, 0.25) is 0 Å². The molecule has 1 heterocycles. The summed E-state index contributed by atoms with van der Waals surface area (Å²) in [7, 11) is 0. The molecule has 0 aliphatic carbocycles. The quantitative estimate of drug-likeness (QED) is 0.657. The summed E-state index contributed by atoms with van der Waals surface area (Å²) in [6, 6.07) is 0. The Balaban J connectivity index is 2.46. The fraction of sp³-hybridized carbons (Fsp3) is 0.750. The second-order valence-corrected chi connectivity index (χ2v) is 4.52. The average molecular weight is 211 g/mol. The van der Waals surface area contributed by atoms with Gasteiger partial charge in [-0.2, -0.15) is 0 Å². The van der Waals surface area contributed by atoms with Crippen LogP contribution < -0.4 is 0 Å². The average Bonchev–Trinajstić information content (AvgIpc) is 2.18. The highest BCUT2D eigenvalue weighted by Gasteiger charge is 2.24. The second-order valence-electron chi connectivity index (χ2n) is 4.52. The molecule has 0 aromatic heterocycles. The molecule has 1 rings (SSSR count). The number of carbonyl (C=O) groups is 1. The Morgan fingerprint density at radius 2 is 1.87 bits per heavy atom. The molecule has 15 heavy (non-hydrogen) atoms. The van der Waals surface area contributed by atoms with Crippen LogP contribution in [-0.2, 0) is 4.74 Å². The Kier molecular flexibility index (Phi) is 4.18. The Labute approximate surface area is 92.1 Å². The molecular formula is C12H21NO2. The number of piperidine rings is 1. The highest BCUT2D eigenvalue weighted by Crippen LogP contribution is 2.16. The van der Waals surface area contributed by atoms with Gasteiger partial charge in [0, 0.05) is 13.1 Å². The standard InChI is InChI=1S/C12H21NO2/c1-4-8-12(2,3)15-11(14)13-9-6-5-7-10-13/h4,8H,5-7,9-10H2,1-3H3/b8-4+. The number of hydrogen-bond donors (Lipinski definition) is 0. The van der Waals surface area contributed by atoms with Crippen molar-refractivity contribution < 1.29 is 9.53 Å². The normalized spacial score (nSPS) is 18.2. The van der Waals surface area contributed by atoms with Gasteiger partial charge in [0.1, 0.15) is 5.60 Å². The molecule has 0 bridgehead atoms. The number of amides is 1. The van der Waals surface area contributed by atoms with Crippen molar-refractivity contribution in [3.63, 3.8) is 0 Å². The van der Waals surface area contributed by atoms with Crippen LogP contribution in [0.3, 0.4) is 0 Å². The van der Waals surface area contributed by atoms with Gasteiger partial charge in [-0.15, -0.1) is 0 Å². The van der Waals surface area contributed by atoms with Crippen molar-refractivity contribution >= 4 is 6.09 Å². The van der Waals surface area contributed by atoms with Crippen molar-refractivity contribution in [3.05, 3.63) is 12.2 Å². The van der Waals surface area contributed by atoms with E-state index in [-0.39, 0.29) is 6.09 Å². The van der Waals surface area contributed by atoms with Crippen LogP contribution in [-0.4, -0.2) is 29.7 Å². The molecule has 1 amide bonds. The number of hydrogen-bond acceptors (Lipinski definition) is 2.